The smallest absolute Gasteiger partial charge is 0.236 e. The van der Waals surface area contributed by atoms with Crippen LogP contribution in [-0.2, 0) is 11.3 Å². The van der Waals surface area contributed by atoms with Crippen LogP contribution in [0.3, 0.4) is 0 Å². The van der Waals surface area contributed by atoms with E-state index in [4.69, 9.17) is 9.15 Å². The topological polar surface area (TPSA) is 71.7 Å². The molecule has 0 aliphatic rings. The van der Waals surface area contributed by atoms with Crippen LogP contribution in [0.25, 0.3) is 10.8 Å². The van der Waals surface area contributed by atoms with Gasteiger partial charge in [0.2, 0.25) is 5.89 Å². The van der Waals surface area contributed by atoms with E-state index in [0.717, 1.165) is 55.7 Å². The van der Waals surface area contributed by atoms with Gasteiger partial charge >= 0.3 is 0 Å². The molecule has 6 nitrogen and oxygen atoms in total. The van der Waals surface area contributed by atoms with Gasteiger partial charge in [0.1, 0.15) is 12.0 Å². The first-order valence-electron chi connectivity index (χ1n) is 8.91. The number of oxazole rings is 1. The van der Waals surface area contributed by atoms with Gasteiger partial charge in [0.15, 0.2) is 5.96 Å². The third-order valence-electron chi connectivity index (χ3n) is 3.43. The van der Waals surface area contributed by atoms with E-state index < -0.39 is 0 Å². The van der Waals surface area contributed by atoms with Crippen LogP contribution in [0, 0.1) is 0 Å². The lowest BCUT2D eigenvalue weighted by Crippen LogP contribution is -2.38. The van der Waals surface area contributed by atoms with Crippen LogP contribution in [0.1, 0.15) is 38.8 Å². The summed E-state index contributed by atoms with van der Waals surface area (Å²) in [6, 6.07) is 3.99. The fourth-order valence-electron chi connectivity index (χ4n) is 2.12. The molecule has 2 rings (SSSR count). The first kappa shape index (κ1) is 19.5. The molecule has 0 saturated heterocycles. The molecule has 7 heteroatoms. The molecule has 0 unspecified atom stereocenters. The van der Waals surface area contributed by atoms with E-state index in [9.17, 15) is 0 Å². The van der Waals surface area contributed by atoms with Gasteiger partial charge in [-0.15, -0.1) is 11.3 Å². The highest BCUT2D eigenvalue weighted by Crippen LogP contribution is 2.23. The van der Waals surface area contributed by atoms with Crippen molar-refractivity contribution in [2.45, 2.75) is 39.7 Å². The Balaban J connectivity index is 1.75. The maximum absolute atomic E-state index is 5.56. The molecule has 0 aliphatic heterocycles. The van der Waals surface area contributed by atoms with Gasteiger partial charge in [-0.2, -0.15) is 0 Å². The van der Waals surface area contributed by atoms with Gasteiger partial charge < -0.3 is 19.8 Å². The number of hydrogen-bond acceptors (Lipinski definition) is 5. The average molecular weight is 365 g/mol. The van der Waals surface area contributed by atoms with E-state index in [0.29, 0.717) is 12.4 Å². The van der Waals surface area contributed by atoms with E-state index in [-0.39, 0.29) is 0 Å². The second-order valence-electron chi connectivity index (χ2n) is 5.56. The molecule has 2 N–H and O–H groups in total. The number of aliphatic imine (C=N–C) groups is 1. The summed E-state index contributed by atoms with van der Waals surface area (Å²) in [6.45, 7) is 7.98. The summed E-state index contributed by atoms with van der Waals surface area (Å²) in [4.78, 5) is 10.1. The van der Waals surface area contributed by atoms with Gasteiger partial charge in [0.05, 0.1) is 11.4 Å². The lowest BCUT2D eigenvalue weighted by atomic mass is 10.4. The lowest BCUT2D eigenvalue weighted by Gasteiger charge is -2.11. The summed E-state index contributed by atoms with van der Waals surface area (Å²) in [5.74, 6) is 1.44. The molecule has 25 heavy (non-hydrogen) atoms. The second-order valence-corrected chi connectivity index (χ2v) is 6.51. The molecular formula is C18H28N4O2S. The molecule has 0 bridgehead atoms. The van der Waals surface area contributed by atoms with Crippen molar-refractivity contribution in [3.8, 4) is 10.8 Å². The Morgan fingerprint density at radius 2 is 2.16 bits per heavy atom. The molecule has 0 spiro atoms. The Kier molecular flexibility index (Phi) is 9.07. The van der Waals surface area contributed by atoms with Gasteiger partial charge in [-0.1, -0.05) is 19.4 Å². The van der Waals surface area contributed by atoms with Crippen LogP contribution in [-0.4, -0.2) is 37.2 Å². The number of thiophene rings is 1. The monoisotopic (exact) mass is 364 g/mol. The molecule has 0 amide bonds. The molecule has 2 heterocycles. The van der Waals surface area contributed by atoms with Crippen molar-refractivity contribution in [1.29, 1.82) is 0 Å². The van der Waals surface area contributed by atoms with Crippen LogP contribution < -0.4 is 10.6 Å². The van der Waals surface area contributed by atoms with Crippen molar-refractivity contribution < 1.29 is 9.15 Å². The number of nitrogens with one attached hydrogen (secondary N) is 2. The maximum Gasteiger partial charge on any atom is 0.236 e. The van der Waals surface area contributed by atoms with E-state index in [1.807, 2.05) is 17.5 Å². The Morgan fingerprint density at radius 1 is 1.28 bits per heavy atom. The van der Waals surface area contributed by atoms with Crippen LogP contribution in [0.15, 0.2) is 33.2 Å². The summed E-state index contributed by atoms with van der Waals surface area (Å²) in [5.41, 5.74) is 0.823. The van der Waals surface area contributed by atoms with Crippen molar-refractivity contribution >= 4 is 17.3 Å². The van der Waals surface area contributed by atoms with Crippen molar-refractivity contribution in [1.82, 2.24) is 15.6 Å². The number of hydrogen-bond donors (Lipinski definition) is 2. The van der Waals surface area contributed by atoms with Gasteiger partial charge in [-0.05, 0) is 31.2 Å². The molecule has 0 fully saturated rings. The number of ether oxygens (including phenoxy) is 1. The molecule has 2 aromatic heterocycles. The van der Waals surface area contributed by atoms with Crippen LogP contribution in [0.5, 0.6) is 0 Å². The van der Waals surface area contributed by atoms with Crippen LogP contribution in [0.4, 0.5) is 0 Å². The van der Waals surface area contributed by atoms with Crippen LogP contribution in [0.2, 0.25) is 0 Å². The van der Waals surface area contributed by atoms with Gasteiger partial charge in [-0.25, -0.2) is 9.98 Å². The largest absolute Gasteiger partial charge is 0.443 e. The third kappa shape index (κ3) is 7.27. The summed E-state index contributed by atoms with van der Waals surface area (Å²) in [5, 5.41) is 8.57. The Hall–Kier alpha value is -1.86. The zero-order chi connectivity index (χ0) is 17.7. The number of guanidine groups is 1. The van der Waals surface area contributed by atoms with E-state index >= 15 is 0 Å². The fraction of sp³-hybridized carbons (Fsp3) is 0.556. The number of unbranched alkanes of at least 4 members (excludes halogenated alkanes) is 1. The molecule has 0 radical (unpaired) electrons. The summed E-state index contributed by atoms with van der Waals surface area (Å²) in [7, 11) is 0. The normalized spacial score (nSPS) is 11.7. The Labute approximate surface area is 153 Å². The zero-order valence-corrected chi connectivity index (χ0v) is 15.9. The molecule has 0 atom stereocenters. The van der Waals surface area contributed by atoms with E-state index in [1.165, 1.54) is 6.42 Å². The molecular weight excluding hydrogens is 336 g/mol. The van der Waals surface area contributed by atoms with E-state index in [1.54, 1.807) is 17.6 Å². The number of aromatic nitrogens is 1. The van der Waals surface area contributed by atoms with E-state index in [2.05, 4.69) is 34.5 Å². The van der Waals surface area contributed by atoms with Gasteiger partial charge in [0, 0.05) is 26.3 Å². The summed E-state index contributed by atoms with van der Waals surface area (Å²) in [6.07, 6.45) is 4.93. The Bertz CT molecular complexity index is 610. The highest BCUT2D eigenvalue weighted by molar-refractivity contribution is 7.13. The predicted molar refractivity (Wildman–Crippen MR) is 103 cm³/mol. The first-order chi connectivity index (χ1) is 12.3. The predicted octanol–water partition coefficient (Wildman–Crippen LogP) is 3.67. The quantitative estimate of drug-likeness (QED) is 0.362. The van der Waals surface area contributed by atoms with Crippen molar-refractivity contribution in [3.05, 3.63) is 29.5 Å². The minimum absolute atomic E-state index is 0.483. The standard InChI is InChI=1S/C18H28N4O2S/c1-3-5-10-23-11-7-9-20-18(19-4-2)21-13-15-14-24-17(22-15)16-8-6-12-25-16/h6,8,12,14H,3-5,7,9-11,13H2,1-2H3,(H2,19,20,21). The Morgan fingerprint density at radius 3 is 2.92 bits per heavy atom. The third-order valence-corrected chi connectivity index (χ3v) is 4.29. The lowest BCUT2D eigenvalue weighted by molar-refractivity contribution is 0.129. The highest BCUT2D eigenvalue weighted by Gasteiger charge is 2.07. The van der Waals surface area contributed by atoms with Crippen molar-refractivity contribution in [2.75, 3.05) is 26.3 Å². The fourth-order valence-corrected chi connectivity index (χ4v) is 2.78. The average Bonchev–Trinajstić information content (AvgIpc) is 3.30. The molecule has 138 valence electrons. The first-order valence-corrected chi connectivity index (χ1v) is 9.79. The summed E-state index contributed by atoms with van der Waals surface area (Å²) >= 11 is 1.61. The SMILES string of the molecule is CCCCOCCCNC(=NCc1coc(-c2cccs2)n1)NCC. The molecule has 0 aliphatic carbocycles. The van der Waals surface area contributed by atoms with Crippen molar-refractivity contribution in [2.24, 2.45) is 4.99 Å². The maximum atomic E-state index is 5.56. The zero-order valence-electron chi connectivity index (χ0n) is 15.1. The minimum Gasteiger partial charge on any atom is -0.443 e. The van der Waals surface area contributed by atoms with Gasteiger partial charge in [-0.3, -0.25) is 0 Å². The van der Waals surface area contributed by atoms with Gasteiger partial charge in [0.25, 0.3) is 0 Å². The van der Waals surface area contributed by atoms with Crippen molar-refractivity contribution in [3.63, 3.8) is 0 Å². The number of nitrogens with zero attached hydrogens (tertiary/aromatic N) is 2. The van der Waals surface area contributed by atoms with Crippen LogP contribution >= 0.6 is 11.3 Å². The summed E-state index contributed by atoms with van der Waals surface area (Å²) < 4.78 is 11.1. The minimum atomic E-state index is 0.483. The number of rotatable bonds is 11. The second kappa shape index (κ2) is 11.7. The highest BCUT2D eigenvalue weighted by atomic mass is 32.1. The molecule has 2 aromatic rings. The molecule has 0 aromatic carbocycles. The molecule has 0 saturated carbocycles.